The molecule has 1 aliphatic heterocycles. The van der Waals surface area contributed by atoms with Crippen LogP contribution in [0.2, 0.25) is 0 Å². The Labute approximate surface area is 318 Å². The molecule has 1 aromatic rings. The van der Waals surface area contributed by atoms with Crippen LogP contribution in [-0.2, 0) is 11.2 Å². The van der Waals surface area contributed by atoms with Crippen molar-refractivity contribution < 1.29 is 9.90 Å². The molecular formula is C45H73N5O2. The number of aliphatic hydroxyl groups excluding tert-OH is 1. The molecular weight excluding hydrogens is 643 g/mol. The van der Waals surface area contributed by atoms with E-state index in [9.17, 15) is 15.2 Å². The molecule has 3 unspecified atom stereocenters. The van der Waals surface area contributed by atoms with Crippen LogP contribution in [0.3, 0.4) is 0 Å². The highest BCUT2D eigenvalue weighted by Crippen LogP contribution is 2.39. The molecule has 1 amide bonds. The average molecular weight is 716 g/mol. The number of aliphatic imine (C=N–C) groups is 1. The molecule has 52 heavy (non-hydrogen) atoms. The van der Waals surface area contributed by atoms with Crippen LogP contribution in [0, 0.1) is 17.2 Å². The van der Waals surface area contributed by atoms with Gasteiger partial charge in [-0.25, -0.2) is 0 Å². The quantitative estimate of drug-likeness (QED) is 0.0606. The highest BCUT2D eigenvalue weighted by atomic mass is 16.3. The minimum atomic E-state index is -0.203. The van der Waals surface area contributed by atoms with Crippen molar-refractivity contribution in [2.24, 2.45) is 16.6 Å². The molecule has 0 spiro atoms. The van der Waals surface area contributed by atoms with Crippen molar-refractivity contribution in [3.05, 3.63) is 82.6 Å². The largest absolute Gasteiger partial charge is 0.404 e. The van der Waals surface area contributed by atoms with Crippen molar-refractivity contribution in [2.45, 2.75) is 157 Å². The summed E-state index contributed by atoms with van der Waals surface area (Å²) in [5.41, 5.74) is 11.6. The zero-order valence-electron chi connectivity index (χ0n) is 34.1. The Hall–Kier alpha value is -3.47. The number of nitrogens with one attached hydrogen (secondary N) is 1. The van der Waals surface area contributed by atoms with E-state index in [2.05, 4.69) is 108 Å². The van der Waals surface area contributed by atoms with E-state index in [1.54, 1.807) is 6.21 Å². The molecule has 290 valence electrons. The van der Waals surface area contributed by atoms with Gasteiger partial charge in [-0.2, -0.15) is 5.26 Å². The maximum absolute atomic E-state index is 12.6. The molecule has 7 heteroatoms. The van der Waals surface area contributed by atoms with E-state index in [0.717, 1.165) is 80.7 Å². The highest BCUT2D eigenvalue weighted by molar-refractivity contribution is 6.12. The molecule has 3 atom stereocenters. The number of carbonyl (C=O) groups excluding carboxylic acids is 1. The Kier molecular flexibility index (Phi) is 24.3. The lowest BCUT2D eigenvalue weighted by atomic mass is 9.74. The number of unbranched alkanes of at least 4 members (excludes halogenated alkanes) is 2. The fourth-order valence-electron chi connectivity index (χ4n) is 6.43. The summed E-state index contributed by atoms with van der Waals surface area (Å²) in [4.78, 5) is 19.5. The van der Waals surface area contributed by atoms with Gasteiger partial charge in [0.1, 0.15) is 0 Å². The lowest BCUT2D eigenvalue weighted by Gasteiger charge is -2.36. The van der Waals surface area contributed by atoms with E-state index in [-0.39, 0.29) is 18.1 Å². The summed E-state index contributed by atoms with van der Waals surface area (Å²) in [6.45, 7) is 23.7. The smallest absolute Gasteiger partial charge is 0.254 e. The van der Waals surface area contributed by atoms with Gasteiger partial charge in [-0.1, -0.05) is 103 Å². The predicted octanol–water partition coefficient (Wildman–Crippen LogP) is 9.72. The topological polar surface area (TPSA) is 115 Å². The van der Waals surface area contributed by atoms with Gasteiger partial charge in [0.05, 0.1) is 29.9 Å². The summed E-state index contributed by atoms with van der Waals surface area (Å²) in [5, 5.41) is 21.9. The predicted molar refractivity (Wildman–Crippen MR) is 223 cm³/mol. The minimum Gasteiger partial charge on any atom is -0.404 e. The van der Waals surface area contributed by atoms with Crippen molar-refractivity contribution in [3.63, 3.8) is 0 Å². The van der Waals surface area contributed by atoms with Crippen molar-refractivity contribution in [1.29, 1.82) is 5.26 Å². The molecule has 0 aromatic heterocycles. The zero-order valence-corrected chi connectivity index (χ0v) is 34.1. The minimum absolute atomic E-state index is 0.0733. The molecule has 7 nitrogen and oxygen atoms in total. The third-order valence-electron chi connectivity index (χ3n) is 10.1. The second kappa shape index (κ2) is 27.2. The van der Waals surface area contributed by atoms with Crippen LogP contribution in [0.5, 0.6) is 0 Å². The summed E-state index contributed by atoms with van der Waals surface area (Å²) in [5.74, 6) is 0.864. The molecule has 1 heterocycles. The van der Waals surface area contributed by atoms with E-state index in [1.165, 1.54) is 49.4 Å². The van der Waals surface area contributed by atoms with Crippen LogP contribution in [0.25, 0.3) is 0 Å². The maximum atomic E-state index is 12.6. The second-order valence-electron chi connectivity index (χ2n) is 14.7. The first-order valence-electron chi connectivity index (χ1n) is 20.1. The molecule has 0 bridgehead atoms. The SMILES string of the molecule is C=C(C)CCC.CC/C=C/C(=C\CCC)CN=C/C(=C\N)C(=O)NC1CC(c2cc(CC)ccc2C#N)C1.CCCCC(C)C(C)N1CCC(O)C1. The summed E-state index contributed by atoms with van der Waals surface area (Å²) in [7, 11) is 0. The van der Waals surface area contributed by atoms with Crippen LogP contribution < -0.4 is 11.1 Å². The third-order valence-corrected chi connectivity index (χ3v) is 10.1. The van der Waals surface area contributed by atoms with Crippen LogP contribution in [-0.4, -0.2) is 60.0 Å². The number of aryl methyl sites for hydroxylation is 1. The number of allylic oxidation sites excluding steroid dienone is 3. The standard InChI is InChI=1S/C27H36N4O.C12H25NO.C6H12/c1-4-7-9-21(10-8-5-2)18-30-19-24(17-29)27(32)31-25-14-23(15-25)26-13-20(6-3)11-12-22(26)16-28;1-4-5-6-10(2)11(3)13-8-7-12(14)9-13;1-4-5-6(2)3/h7,9-13,17,19,23,25H,4-6,8,14-15,18,29H2,1-3H3,(H,31,32);10-12,14H,4-9H2,1-3H3;2,4-5H2,1,3H3/b9-7+,21-10+,24-17+,30-19?;;. The van der Waals surface area contributed by atoms with E-state index < -0.39 is 0 Å². The number of hydrogen-bond acceptors (Lipinski definition) is 6. The number of nitrogens with zero attached hydrogens (tertiary/aromatic N) is 3. The molecule has 1 saturated carbocycles. The Morgan fingerprint density at radius 3 is 2.42 bits per heavy atom. The Morgan fingerprint density at radius 2 is 1.90 bits per heavy atom. The molecule has 2 aliphatic rings. The summed E-state index contributed by atoms with van der Waals surface area (Å²) in [6, 6.07) is 9.07. The zero-order chi connectivity index (χ0) is 38.9. The first-order chi connectivity index (χ1) is 25.0. The van der Waals surface area contributed by atoms with Gasteiger partial charge in [0.25, 0.3) is 5.91 Å². The lowest BCUT2D eigenvalue weighted by Crippen LogP contribution is -2.44. The first-order valence-corrected chi connectivity index (χ1v) is 20.1. The molecule has 4 N–H and O–H groups in total. The van der Waals surface area contributed by atoms with Crippen LogP contribution in [0.4, 0.5) is 0 Å². The number of rotatable bonds is 18. The van der Waals surface area contributed by atoms with Gasteiger partial charge in [0, 0.05) is 37.6 Å². The van der Waals surface area contributed by atoms with Crippen molar-refractivity contribution in [3.8, 4) is 6.07 Å². The highest BCUT2D eigenvalue weighted by Gasteiger charge is 2.33. The van der Waals surface area contributed by atoms with Crippen LogP contribution in [0.1, 0.15) is 149 Å². The third kappa shape index (κ3) is 17.8. The number of β-amino-alcohol motifs (C(OH)–C–C–N with tert-alkyl or cyclic N) is 1. The van der Waals surface area contributed by atoms with Gasteiger partial charge >= 0.3 is 0 Å². The number of carbonyl (C=O) groups is 1. The molecule has 1 aromatic carbocycles. The number of aliphatic hydroxyl groups is 1. The van der Waals surface area contributed by atoms with E-state index in [0.29, 0.717) is 24.1 Å². The van der Waals surface area contributed by atoms with Gasteiger partial charge in [0.2, 0.25) is 0 Å². The van der Waals surface area contributed by atoms with E-state index >= 15 is 0 Å². The Morgan fingerprint density at radius 1 is 1.17 bits per heavy atom. The number of nitriles is 1. The fraction of sp³-hybridized carbons (Fsp3) is 0.622. The number of nitrogens with two attached hydrogens (primary N) is 1. The second-order valence-corrected chi connectivity index (χ2v) is 14.7. The number of likely N-dealkylation sites (tertiary alicyclic amines) is 1. The Balaban J connectivity index is 0.000000553. The molecule has 2 fully saturated rings. The fourth-order valence-corrected chi connectivity index (χ4v) is 6.43. The van der Waals surface area contributed by atoms with Crippen LogP contribution >= 0.6 is 0 Å². The first kappa shape index (κ1) is 46.6. The monoisotopic (exact) mass is 716 g/mol. The summed E-state index contributed by atoms with van der Waals surface area (Å²) < 4.78 is 0. The number of benzene rings is 1. The van der Waals surface area contributed by atoms with Crippen molar-refractivity contribution in [1.82, 2.24) is 10.2 Å². The normalized spacial score (nSPS) is 20.3. The van der Waals surface area contributed by atoms with E-state index in [4.69, 9.17) is 5.73 Å². The van der Waals surface area contributed by atoms with Gasteiger partial charge in [-0.3, -0.25) is 14.7 Å². The van der Waals surface area contributed by atoms with Gasteiger partial charge < -0.3 is 16.2 Å². The number of hydrogen-bond donors (Lipinski definition) is 3. The summed E-state index contributed by atoms with van der Waals surface area (Å²) in [6.07, 6.45) is 22.2. The number of amides is 1. The molecule has 3 rings (SSSR count). The lowest BCUT2D eigenvalue weighted by molar-refractivity contribution is -0.118. The average Bonchev–Trinajstić information content (AvgIpc) is 3.56. The van der Waals surface area contributed by atoms with Crippen molar-refractivity contribution >= 4 is 12.1 Å². The Bertz CT molecular complexity index is 1350. The molecule has 1 aliphatic carbocycles. The molecule has 0 radical (unpaired) electrons. The maximum Gasteiger partial charge on any atom is 0.254 e. The van der Waals surface area contributed by atoms with Crippen molar-refractivity contribution in [2.75, 3.05) is 19.6 Å². The molecule has 1 saturated heterocycles. The van der Waals surface area contributed by atoms with Gasteiger partial charge in [-0.05, 0) is 99.8 Å². The van der Waals surface area contributed by atoms with E-state index in [1.807, 2.05) is 12.1 Å². The van der Waals surface area contributed by atoms with Gasteiger partial charge in [-0.15, -0.1) is 6.58 Å². The van der Waals surface area contributed by atoms with Crippen LogP contribution in [0.15, 0.2) is 70.9 Å². The summed E-state index contributed by atoms with van der Waals surface area (Å²) >= 11 is 0. The van der Waals surface area contributed by atoms with Gasteiger partial charge in [0.15, 0.2) is 0 Å².